The summed E-state index contributed by atoms with van der Waals surface area (Å²) in [6, 6.07) is 21.3. The second kappa shape index (κ2) is 23.1. The van der Waals surface area contributed by atoms with E-state index in [1.807, 2.05) is 24.3 Å². The summed E-state index contributed by atoms with van der Waals surface area (Å²) in [6.07, 6.45) is 2.76. The lowest BCUT2D eigenvalue weighted by molar-refractivity contribution is 0.0145. The number of rotatable bonds is 0. The minimum atomic E-state index is -0.186. The first-order valence-electron chi connectivity index (χ1n) is 21.7. The zero-order valence-electron chi connectivity index (χ0n) is 35.2. The highest BCUT2D eigenvalue weighted by atomic mass is 16.5. The van der Waals surface area contributed by atoms with Crippen molar-refractivity contribution >= 4 is 45.9 Å². The Morgan fingerprint density at radius 1 is 0.290 bits per heavy atom. The van der Waals surface area contributed by atoms with Crippen molar-refractivity contribution in [3.63, 3.8) is 0 Å². The Hall–Kier alpha value is -5.48. The predicted octanol–water partition coefficient (Wildman–Crippen LogP) is 6.26. The van der Waals surface area contributed by atoms with Crippen LogP contribution >= 0.6 is 0 Å². The molecule has 2 aliphatic carbocycles. The first-order valence-corrected chi connectivity index (χ1v) is 21.7. The van der Waals surface area contributed by atoms with Crippen LogP contribution in [0.25, 0.3) is 0 Å². The van der Waals surface area contributed by atoms with Gasteiger partial charge >= 0.3 is 0 Å². The van der Waals surface area contributed by atoms with Crippen LogP contribution in [0.1, 0.15) is 89.4 Å². The molecule has 0 aromatic heterocycles. The van der Waals surface area contributed by atoms with Gasteiger partial charge in [-0.15, -0.1) is 0 Å². The number of carbonyl (C=O) groups is 4. The number of carbonyl (C=O) groups excluding carboxylic acids is 4. The van der Waals surface area contributed by atoms with Crippen LogP contribution in [0.4, 0.5) is 22.7 Å². The van der Waals surface area contributed by atoms with E-state index in [0.717, 1.165) is 0 Å². The SMILES string of the molecule is O=C1c2cccc3c2C(=O)c2c(cccc21)NCCCOCCOCCOCCCNc1cccc2c1C(=O)c1c(cccc1C2=O)NCCCOCCOCCOCCCN3. The highest BCUT2D eigenvalue weighted by Crippen LogP contribution is 2.37. The van der Waals surface area contributed by atoms with Crippen molar-refractivity contribution in [3.8, 4) is 0 Å². The molecule has 3 aliphatic rings. The first-order chi connectivity index (χ1) is 30.5. The number of hydrogen-bond acceptors (Lipinski definition) is 14. The molecule has 62 heavy (non-hydrogen) atoms. The molecule has 328 valence electrons. The summed E-state index contributed by atoms with van der Waals surface area (Å²) in [7, 11) is 0. The Morgan fingerprint density at radius 3 is 0.758 bits per heavy atom. The molecule has 14 heteroatoms. The summed E-state index contributed by atoms with van der Waals surface area (Å²) in [4.78, 5) is 55.2. The van der Waals surface area contributed by atoms with Gasteiger partial charge in [0.2, 0.25) is 0 Å². The molecular formula is C48H56N4O10. The van der Waals surface area contributed by atoms with Crippen LogP contribution in [0.15, 0.2) is 72.8 Å². The quantitative estimate of drug-likeness (QED) is 0.135. The molecule has 0 unspecified atom stereocenters. The van der Waals surface area contributed by atoms with E-state index in [1.165, 1.54) is 0 Å². The van der Waals surface area contributed by atoms with Gasteiger partial charge < -0.3 is 49.7 Å². The monoisotopic (exact) mass is 848 g/mol. The molecule has 0 saturated carbocycles. The zero-order chi connectivity index (χ0) is 42.9. The first kappa shape index (κ1) is 44.6. The normalized spacial score (nSPS) is 18.6. The van der Waals surface area contributed by atoms with E-state index < -0.39 is 0 Å². The number of anilines is 4. The number of hydrogen-bond donors (Lipinski definition) is 4. The van der Waals surface area contributed by atoms with E-state index >= 15 is 0 Å². The van der Waals surface area contributed by atoms with E-state index in [1.54, 1.807) is 48.5 Å². The molecule has 0 atom stereocenters. The molecule has 4 N–H and O–H groups in total. The van der Waals surface area contributed by atoms with Crippen molar-refractivity contribution in [2.24, 2.45) is 0 Å². The fourth-order valence-electron chi connectivity index (χ4n) is 7.75. The fraction of sp³-hybridized carbons (Fsp3) is 0.417. The molecule has 4 aromatic rings. The van der Waals surface area contributed by atoms with Gasteiger partial charge in [-0.25, -0.2) is 0 Å². The lowest BCUT2D eigenvalue weighted by Gasteiger charge is -2.23. The molecule has 0 amide bonds. The molecule has 4 bridgehead atoms. The van der Waals surface area contributed by atoms with Crippen molar-refractivity contribution in [2.75, 3.05) is 127 Å². The molecule has 7 rings (SSSR count). The second-order valence-electron chi connectivity index (χ2n) is 15.0. The van der Waals surface area contributed by atoms with E-state index in [0.29, 0.717) is 198 Å². The van der Waals surface area contributed by atoms with Crippen molar-refractivity contribution in [2.45, 2.75) is 25.7 Å². The Morgan fingerprint density at radius 2 is 0.516 bits per heavy atom. The maximum absolute atomic E-state index is 14.0. The maximum Gasteiger partial charge on any atom is 0.198 e. The van der Waals surface area contributed by atoms with Crippen molar-refractivity contribution in [3.05, 3.63) is 117 Å². The zero-order valence-corrected chi connectivity index (χ0v) is 35.2. The second-order valence-corrected chi connectivity index (χ2v) is 15.0. The Bertz CT molecular complexity index is 1900. The predicted molar refractivity (Wildman–Crippen MR) is 237 cm³/mol. The van der Waals surface area contributed by atoms with E-state index in [4.69, 9.17) is 28.4 Å². The van der Waals surface area contributed by atoms with Crippen molar-refractivity contribution in [1.82, 2.24) is 0 Å². The van der Waals surface area contributed by atoms with Gasteiger partial charge in [-0.05, 0) is 49.9 Å². The third-order valence-corrected chi connectivity index (χ3v) is 10.8. The van der Waals surface area contributed by atoms with Crippen molar-refractivity contribution in [1.29, 1.82) is 0 Å². The van der Waals surface area contributed by atoms with Gasteiger partial charge in [0.15, 0.2) is 23.1 Å². The van der Waals surface area contributed by atoms with Crippen LogP contribution in [0.5, 0.6) is 0 Å². The van der Waals surface area contributed by atoms with Gasteiger partial charge in [-0.3, -0.25) is 19.2 Å². The lowest BCUT2D eigenvalue weighted by Crippen LogP contribution is -2.24. The lowest BCUT2D eigenvalue weighted by atomic mass is 9.82. The van der Waals surface area contributed by atoms with Gasteiger partial charge in [-0.1, -0.05) is 48.5 Å². The molecule has 0 spiro atoms. The highest BCUT2D eigenvalue weighted by molar-refractivity contribution is 6.32. The van der Waals surface area contributed by atoms with Crippen LogP contribution in [-0.4, -0.2) is 129 Å². The Balaban J connectivity index is 0.910. The average molecular weight is 849 g/mol. The van der Waals surface area contributed by atoms with Gasteiger partial charge in [0, 0.05) is 97.6 Å². The maximum atomic E-state index is 14.0. The Labute approximate surface area is 362 Å². The van der Waals surface area contributed by atoms with Crippen LogP contribution < -0.4 is 21.3 Å². The smallest absolute Gasteiger partial charge is 0.198 e. The van der Waals surface area contributed by atoms with E-state index in [2.05, 4.69) is 21.3 Å². The summed E-state index contributed by atoms with van der Waals surface area (Å²) < 4.78 is 34.4. The number of benzene rings is 4. The van der Waals surface area contributed by atoms with Gasteiger partial charge in [0.25, 0.3) is 0 Å². The van der Waals surface area contributed by atoms with Gasteiger partial charge in [0.1, 0.15) is 0 Å². The molecule has 4 aromatic carbocycles. The molecule has 0 radical (unpaired) electrons. The van der Waals surface area contributed by atoms with E-state index in [9.17, 15) is 19.2 Å². The van der Waals surface area contributed by atoms with Gasteiger partial charge in [-0.2, -0.15) is 0 Å². The summed E-state index contributed by atoms with van der Waals surface area (Å²) in [5, 5.41) is 13.4. The highest BCUT2D eigenvalue weighted by Gasteiger charge is 2.35. The summed E-state index contributed by atoms with van der Waals surface area (Å²) in [5.74, 6) is -0.712. The van der Waals surface area contributed by atoms with Crippen LogP contribution in [-0.2, 0) is 28.4 Å². The summed E-state index contributed by atoms with van der Waals surface area (Å²) in [5.41, 5.74) is 5.65. The molecule has 1 heterocycles. The summed E-state index contributed by atoms with van der Waals surface area (Å²) in [6.45, 7) is 7.68. The number of ether oxygens (including phenoxy) is 6. The average Bonchev–Trinajstić information content (AvgIpc) is 3.29. The van der Waals surface area contributed by atoms with Crippen LogP contribution in [0.3, 0.4) is 0 Å². The van der Waals surface area contributed by atoms with Crippen LogP contribution in [0, 0.1) is 0 Å². The minimum absolute atomic E-state index is 0.170. The molecular weight excluding hydrogens is 793 g/mol. The van der Waals surface area contributed by atoms with Gasteiger partial charge in [0.05, 0.1) is 75.1 Å². The molecule has 14 nitrogen and oxygen atoms in total. The molecule has 1 aliphatic heterocycles. The third kappa shape index (κ3) is 11.1. The number of ketones is 4. The van der Waals surface area contributed by atoms with Crippen molar-refractivity contribution < 1.29 is 47.6 Å². The molecule has 0 saturated heterocycles. The number of nitrogens with one attached hydrogen (secondary N) is 4. The summed E-state index contributed by atoms with van der Waals surface area (Å²) >= 11 is 0. The topological polar surface area (TPSA) is 172 Å². The molecule has 0 fully saturated rings. The standard InChI is InChI=1S/C48H56N4O10/c53-45-33-9-1-13-37-41(33)47(55)42-34(45)10-2-14-38(42)50-18-6-22-58-27-31-62-32-28-60-24-8-20-52-40-16-4-12-36-44(40)48(56)43-35(46(36)54)11-3-15-39(43)51-19-7-23-59-26-30-61-29-25-57-21-5-17-49-37/h1-4,9-16,49-52H,5-8,17-32H2. The minimum Gasteiger partial charge on any atom is -0.384 e. The third-order valence-electron chi connectivity index (χ3n) is 10.8. The van der Waals surface area contributed by atoms with Crippen LogP contribution in [0.2, 0.25) is 0 Å². The Kier molecular flexibility index (Phi) is 16.6. The van der Waals surface area contributed by atoms with E-state index in [-0.39, 0.29) is 23.1 Å². The fourth-order valence-corrected chi connectivity index (χ4v) is 7.75. The largest absolute Gasteiger partial charge is 0.384 e.